The summed E-state index contributed by atoms with van der Waals surface area (Å²) in [6, 6.07) is 7.92. The van der Waals surface area contributed by atoms with E-state index in [1.54, 1.807) is 0 Å². The SMILES string of the molecule is CCC1=NC(c2ccc(Cl)cc2)CO1. The highest BCUT2D eigenvalue weighted by Gasteiger charge is 2.18. The lowest BCUT2D eigenvalue weighted by atomic mass is 10.1. The van der Waals surface area contributed by atoms with Crippen LogP contribution in [0.1, 0.15) is 24.9 Å². The van der Waals surface area contributed by atoms with Crippen molar-refractivity contribution in [1.29, 1.82) is 0 Å². The number of ether oxygens (including phenoxy) is 1. The van der Waals surface area contributed by atoms with Gasteiger partial charge < -0.3 is 4.74 Å². The van der Waals surface area contributed by atoms with Crippen LogP contribution in [0.15, 0.2) is 29.3 Å². The lowest BCUT2D eigenvalue weighted by Crippen LogP contribution is -1.98. The molecule has 1 heterocycles. The van der Waals surface area contributed by atoms with E-state index in [2.05, 4.69) is 4.99 Å². The molecule has 1 atom stereocenters. The third-order valence-corrected chi connectivity index (χ3v) is 2.52. The molecule has 2 rings (SSSR count). The zero-order valence-electron chi connectivity index (χ0n) is 8.03. The number of halogens is 1. The third kappa shape index (κ3) is 1.90. The Balaban J connectivity index is 2.17. The molecule has 1 aromatic carbocycles. The number of hydrogen-bond donors (Lipinski definition) is 0. The quantitative estimate of drug-likeness (QED) is 0.733. The molecule has 74 valence electrons. The van der Waals surface area contributed by atoms with Gasteiger partial charge in [0.15, 0.2) is 5.90 Å². The number of nitrogens with zero attached hydrogens (tertiary/aromatic N) is 1. The predicted molar refractivity (Wildman–Crippen MR) is 57.9 cm³/mol. The summed E-state index contributed by atoms with van der Waals surface area (Å²) in [5.41, 5.74) is 1.16. The Labute approximate surface area is 88.6 Å². The Kier molecular flexibility index (Phi) is 2.73. The second kappa shape index (κ2) is 4.01. The van der Waals surface area contributed by atoms with Crippen molar-refractivity contribution >= 4 is 17.5 Å². The van der Waals surface area contributed by atoms with E-state index in [4.69, 9.17) is 16.3 Å². The van der Waals surface area contributed by atoms with Gasteiger partial charge in [0.1, 0.15) is 12.6 Å². The average molecular weight is 210 g/mol. The van der Waals surface area contributed by atoms with Gasteiger partial charge in [0.2, 0.25) is 0 Å². The zero-order valence-corrected chi connectivity index (χ0v) is 8.79. The van der Waals surface area contributed by atoms with Crippen LogP contribution in [0.25, 0.3) is 0 Å². The molecule has 0 N–H and O–H groups in total. The normalized spacial score (nSPS) is 20.4. The molecule has 0 amide bonds. The first-order valence-corrected chi connectivity index (χ1v) is 5.12. The van der Waals surface area contributed by atoms with E-state index in [0.717, 1.165) is 22.9 Å². The van der Waals surface area contributed by atoms with Crippen LogP contribution in [-0.4, -0.2) is 12.5 Å². The molecule has 1 aromatic rings. The standard InChI is InChI=1S/C11H12ClNO/c1-2-11-13-10(7-14-11)8-3-5-9(12)6-4-8/h3-6,10H,2,7H2,1H3. The highest BCUT2D eigenvalue weighted by atomic mass is 35.5. The van der Waals surface area contributed by atoms with Gasteiger partial charge in [-0.05, 0) is 17.7 Å². The second-order valence-corrected chi connectivity index (χ2v) is 3.69. The van der Waals surface area contributed by atoms with Crippen LogP contribution in [0, 0.1) is 0 Å². The summed E-state index contributed by atoms with van der Waals surface area (Å²) in [6.07, 6.45) is 0.865. The fraction of sp³-hybridized carbons (Fsp3) is 0.364. The van der Waals surface area contributed by atoms with Crippen molar-refractivity contribution in [3.63, 3.8) is 0 Å². The topological polar surface area (TPSA) is 21.6 Å². The van der Waals surface area contributed by atoms with E-state index in [0.29, 0.717) is 6.61 Å². The lowest BCUT2D eigenvalue weighted by molar-refractivity contribution is 0.313. The molecular formula is C11H12ClNO. The van der Waals surface area contributed by atoms with Gasteiger partial charge >= 0.3 is 0 Å². The molecule has 1 unspecified atom stereocenters. The van der Waals surface area contributed by atoms with Gasteiger partial charge in [-0.1, -0.05) is 30.7 Å². The zero-order chi connectivity index (χ0) is 9.97. The molecule has 0 bridgehead atoms. The van der Waals surface area contributed by atoms with Crippen molar-refractivity contribution in [2.75, 3.05) is 6.61 Å². The van der Waals surface area contributed by atoms with Crippen molar-refractivity contribution in [2.24, 2.45) is 4.99 Å². The van der Waals surface area contributed by atoms with E-state index in [-0.39, 0.29) is 6.04 Å². The fourth-order valence-electron chi connectivity index (χ4n) is 1.47. The maximum Gasteiger partial charge on any atom is 0.183 e. The molecule has 14 heavy (non-hydrogen) atoms. The summed E-state index contributed by atoms with van der Waals surface area (Å²) in [7, 11) is 0. The number of rotatable bonds is 2. The number of benzene rings is 1. The van der Waals surface area contributed by atoms with Crippen molar-refractivity contribution in [1.82, 2.24) is 0 Å². The molecule has 0 spiro atoms. The Morgan fingerprint density at radius 2 is 2.14 bits per heavy atom. The third-order valence-electron chi connectivity index (χ3n) is 2.26. The maximum atomic E-state index is 5.81. The summed E-state index contributed by atoms with van der Waals surface area (Å²) in [4.78, 5) is 4.46. The smallest absolute Gasteiger partial charge is 0.183 e. The number of aliphatic imine (C=N–C) groups is 1. The summed E-state index contributed by atoms with van der Waals surface area (Å²) in [5.74, 6) is 0.852. The van der Waals surface area contributed by atoms with Crippen LogP contribution in [0.2, 0.25) is 5.02 Å². The second-order valence-electron chi connectivity index (χ2n) is 3.25. The van der Waals surface area contributed by atoms with Crippen molar-refractivity contribution in [2.45, 2.75) is 19.4 Å². The molecule has 0 aromatic heterocycles. The first-order valence-electron chi connectivity index (χ1n) is 4.74. The van der Waals surface area contributed by atoms with Crippen molar-refractivity contribution in [3.8, 4) is 0 Å². The van der Waals surface area contributed by atoms with Gasteiger partial charge in [0, 0.05) is 11.4 Å². The molecule has 2 nitrogen and oxygen atoms in total. The highest BCUT2D eigenvalue weighted by molar-refractivity contribution is 6.30. The number of hydrogen-bond acceptors (Lipinski definition) is 2. The summed E-state index contributed by atoms with van der Waals surface area (Å²) in [6.45, 7) is 2.70. The Morgan fingerprint density at radius 3 is 2.71 bits per heavy atom. The van der Waals surface area contributed by atoms with Gasteiger partial charge in [-0.2, -0.15) is 0 Å². The molecule has 1 aliphatic heterocycles. The first kappa shape index (κ1) is 9.53. The molecular weight excluding hydrogens is 198 g/mol. The van der Waals surface area contributed by atoms with Crippen molar-refractivity contribution < 1.29 is 4.74 Å². The summed E-state index contributed by atoms with van der Waals surface area (Å²) >= 11 is 5.81. The van der Waals surface area contributed by atoms with Crippen LogP contribution in [0.4, 0.5) is 0 Å². The van der Waals surface area contributed by atoms with Gasteiger partial charge in [-0.3, -0.25) is 0 Å². The van der Waals surface area contributed by atoms with Gasteiger partial charge in [-0.25, -0.2) is 4.99 Å². The molecule has 3 heteroatoms. The fourth-order valence-corrected chi connectivity index (χ4v) is 1.60. The summed E-state index contributed by atoms with van der Waals surface area (Å²) in [5, 5.41) is 0.757. The van der Waals surface area contributed by atoms with Crippen molar-refractivity contribution in [3.05, 3.63) is 34.9 Å². The van der Waals surface area contributed by atoms with Crippen LogP contribution in [-0.2, 0) is 4.74 Å². The average Bonchev–Trinajstić information content (AvgIpc) is 2.67. The van der Waals surface area contributed by atoms with Gasteiger partial charge in [0.25, 0.3) is 0 Å². The van der Waals surface area contributed by atoms with E-state index >= 15 is 0 Å². The van der Waals surface area contributed by atoms with Gasteiger partial charge in [-0.15, -0.1) is 0 Å². The first-order chi connectivity index (χ1) is 6.79. The minimum Gasteiger partial charge on any atom is -0.478 e. The molecule has 0 fully saturated rings. The Bertz CT molecular complexity index is 345. The molecule has 0 aliphatic carbocycles. The predicted octanol–water partition coefficient (Wildman–Crippen LogP) is 3.22. The van der Waals surface area contributed by atoms with E-state index in [9.17, 15) is 0 Å². The van der Waals surface area contributed by atoms with Gasteiger partial charge in [0.05, 0.1) is 0 Å². The van der Waals surface area contributed by atoms with Crippen LogP contribution >= 0.6 is 11.6 Å². The lowest BCUT2D eigenvalue weighted by Gasteiger charge is -2.04. The largest absolute Gasteiger partial charge is 0.478 e. The monoisotopic (exact) mass is 209 g/mol. The highest BCUT2D eigenvalue weighted by Crippen LogP contribution is 2.24. The molecule has 0 saturated heterocycles. The van der Waals surface area contributed by atoms with E-state index in [1.807, 2.05) is 31.2 Å². The minimum absolute atomic E-state index is 0.155. The van der Waals surface area contributed by atoms with Crippen LogP contribution in [0.3, 0.4) is 0 Å². The van der Waals surface area contributed by atoms with E-state index < -0.39 is 0 Å². The summed E-state index contributed by atoms with van der Waals surface area (Å²) < 4.78 is 5.42. The van der Waals surface area contributed by atoms with E-state index in [1.165, 1.54) is 0 Å². The molecule has 1 aliphatic rings. The molecule has 0 radical (unpaired) electrons. The Hall–Kier alpha value is -1.02. The van der Waals surface area contributed by atoms with Crippen LogP contribution in [0.5, 0.6) is 0 Å². The maximum absolute atomic E-state index is 5.81. The van der Waals surface area contributed by atoms with Crippen LogP contribution < -0.4 is 0 Å². The Morgan fingerprint density at radius 1 is 1.43 bits per heavy atom. The molecule has 0 saturated carbocycles. The minimum atomic E-state index is 0.155.